The molecule has 0 atom stereocenters. The second-order valence-electron chi connectivity index (χ2n) is 2.70. The molecular weight excluding hydrogens is 188 g/mol. The van der Waals surface area contributed by atoms with E-state index in [0.717, 1.165) is 0 Å². The number of carboxylic acids is 2. The minimum Gasteiger partial charge on any atom is -0.480 e. The van der Waals surface area contributed by atoms with Crippen molar-refractivity contribution in [2.24, 2.45) is 0 Å². The van der Waals surface area contributed by atoms with Crippen LogP contribution in [0.15, 0.2) is 18.3 Å². The lowest BCUT2D eigenvalue weighted by molar-refractivity contribution is -0.136. The summed E-state index contributed by atoms with van der Waals surface area (Å²) in [6.45, 7) is -0.681. The first-order chi connectivity index (χ1) is 6.59. The van der Waals surface area contributed by atoms with E-state index in [0.29, 0.717) is 5.82 Å². The molecule has 6 nitrogen and oxygen atoms in total. The van der Waals surface area contributed by atoms with Gasteiger partial charge in [0.2, 0.25) is 0 Å². The van der Waals surface area contributed by atoms with Gasteiger partial charge in [0.25, 0.3) is 0 Å². The summed E-state index contributed by atoms with van der Waals surface area (Å²) in [7, 11) is 0. The van der Waals surface area contributed by atoms with Crippen molar-refractivity contribution in [3.05, 3.63) is 18.3 Å². The summed E-state index contributed by atoms with van der Waals surface area (Å²) in [5.74, 6) is -1.66. The third kappa shape index (κ3) is 2.81. The molecule has 0 amide bonds. The van der Waals surface area contributed by atoms with E-state index >= 15 is 0 Å². The van der Waals surface area contributed by atoms with Crippen LogP contribution in [0.25, 0.3) is 0 Å². The molecule has 0 spiro atoms. The predicted octanol–water partition coefficient (Wildman–Crippen LogP) is -0.00970. The first-order valence-electron chi connectivity index (χ1n) is 3.91. The molecule has 3 N–H and O–H groups in total. The molecule has 0 unspecified atom stereocenters. The van der Waals surface area contributed by atoms with Crippen LogP contribution in [0, 0.1) is 0 Å². The summed E-state index contributed by atoms with van der Waals surface area (Å²) in [5, 5.41) is 17.1. The average molecular weight is 198 g/mol. The standard InChI is InChI=1S/C8H10N2O4/c11-7(12)4-10(5-8(13)14)6-2-1-3-9-6/h1-3,9H,4-5H2,(H,11,12)(H,13,14). The molecule has 0 saturated carbocycles. The molecule has 6 heteroatoms. The highest BCUT2D eigenvalue weighted by molar-refractivity contribution is 5.78. The van der Waals surface area contributed by atoms with Crippen molar-refractivity contribution in [2.45, 2.75) is 0 Å². The third-order valence-corrected chi connectivity index (χ3v) is 1.57. The number of aromatic nitrogens is 1. The van der Waals surface area contributed by atoms with Crippen LogP contribution < -0.4 is 4.90 Å². The number of hydrogen-bond donors (Lipinski definition) is 3. The number of H-pyrrole nitrogens is 1. The minimum atomic E-state index is -1.07. The van der Waals surface area contributed by atoms with Crippen molar-refractivity contribution >= 4 is 17.8 Å². The van der Waals surface area contributed by atoms with Crippen LogP contribution in [0.5, 0.6) is 0 Å². The lowest BCUT2D eigenvalue weighted by Crippen LogP contribution is -2.34. The van der Waals surface area contributed by atoms with E-state index in [1.807, 2.05) is 0 Å². The molecule has 0 radical (unpaired) electrons. The van der Waals surface area contributed by atoms with Gasteiger partial charge in [-0.25, -0.2) is 0 Å². The zero-order chi connectivity index (χ0) is 10.6. The number of anilines is 1. The molecule has 1 aromatic heterocycles. The van der Waals surface area contributed by atoms with Gasteiger partial charge in [-0.15, -0.1) is 0 Å². The fraction of sp³-hybridized carbons (Fsp3) is 0.250. The topological polar surface area (TPSA) is 93.6 Å². The van der Waals surface area contributed by atoms with Crippen molar-refractivity contribution in [1.29, 1.82) is 0 Å². The van der Waals surface area contributed by atoms with E-state index < -0.39 is 11.9 Å². The van der Waals surface area contributed by atoms with Gasteiger partial charge in [0.1, 0.15) is 18.9 Å². The molecule has 1 rings (SSSR count). The molecule has 1 aromatic rings. The van der Waals surface area contributed by atoms with Crippen molar-refractivity contribution in [3.63, 3.8) is 0 Å². The quantitative estimate of drug-likeness (QED) is 0.618. The summed E-state index contributed by atoms with van der Waals surface area (Å²) >= 11 is 0. The Balaban J connectivity index is 2.71. The monoisotopic (exact) mass is 198 g/mol. The number of nitrogens with zero attached hydrogens (tertiary/aromatic N) is 1. The van der Waals surface area contributed by atoms with Gasteiger partial charge >= 0.3 is 11.9 Å². The molecule has 14 heavy (non-hydrogen) atoms. The Hall–Kier alpha value is -1.98. The number of carboxylic acid groups (broad SMARTS) is 2. The maximum Gasteiger partial charge on any atom is 0.323 e. The summed E-state index contributed by atoms with van der Waals surface area (Å²) in [4.78, 5) is 24.8. The van der Waals surface area contributed by atoms with Gasteiger partial charge in [-0.3, -0.25) is 9.59 Å². The lowest BCUT2D eigenvalue weighted by Gasteiger charge is -2.18. The van der Waals surface area contributed by atoms with Gasteiger partial charge in [-0.1, -0.05) is 0 Å². The Kier molecular flexibility index (Phi) is 3.11. The maximum atomic E-state index is 10.4. The van der Waals surface area contributed by atoms with Crippen LogP contribution in [0.3, 0.4) is 0 Å². The summed E-state index contributed by atoms with van der Waals surface area (Å²) in [6, 6.07) is 3.29. The number of aromatic amines is 1. The van der Waals surface area contributed by atoms with Crippen molar-refractivity contribution in [1.82, 2.24) is 4.98 Å². The second-order valence-corrected chi connectivity index (χ2v) is 2.70. The Bertz CT molecular complexity index is 304. The molecule has 0 bridgehead atoms. The normalized spacial score (nSPS) is 9.71. The number of aliphatic carboxylic acids is 2. The van der Waals surface area contributed by atoms with Crippen LogP contribution in [0.4, 0.5) is 5.82 Å². The molecule has 0 aliphatic heterocycles. The van der Waals surface area contributed by atoms with Crippen LogP contribution in [0.2, 0.25) is 0 Å². The van der Waals surface area contributed by atoms with Gasteiger partial charge in [-0.2, -0.15) is 0 Å². The lowest BCUT2D eigenvalue weighted by atomic mass is 10.4. The van der Waals surface area contributed by atoms with E-state index in [9.17, 15) is 9.59 Å². The first-order valence-corrected chi connectivity index (χ1v) is 3.91. The molecular formula is C8H10N2O4. The SMILES string of the molecule is O=C(O)CN(CC(=O)O)c1ccc[nH]1. The Morgan fingerprint density at radius 3 is 2.21 bits per heavy atom. The van der Waals surface area contributed by atoms with Crippen LogP contribution in [-0.4, -0.2) is 40.2 Å². The highest BCUT2D eigenvalue weighted by Crippen LogP contribution is 2.08. The molecule has 0 saturated heterocycles. The summed E-state index contributed by atoms with van der Waals surface area (Å²) in [6.07, 6.45) is 1.60. The van der Waals surface area contributed by atoms with Crippen molar-refractivity contribution in [3.8, 4) is 0 Å². The Morgan fingerprint density at radius 2 is 1.86 bits per heavy atom. The fourth-order valence-electron chi connectivity index (χ4n) is 1.07. The van der Waals surface area contributed by atoms with Gasteiger partial charge in [0, 0.05) is 6.20 Å². The zero-order valence-corrected chi connectivity index (χ0v) is 7.30. The van der Waals surface area contributed by atoms with Crippen LogP contribution in [0.1, 0.15) is 0 Å². The number of carbonyl (C=O) groups is 2. The average Bonchev–Trinajstić information content (AvgIpc) is 2.52. The van der Waals surface area contributed by atoms with Gasteiger partial charge in [0.05, 0.1) is 0 Å². The molecule has 0 fully saturated rings. The van der Waals surface area contributed by atoms with E-state index in [1.165, 1.54) is 4.90 Å². The minimum absolute atomic E-state index is 0.340. The number of nitrogens with one attached hydrogen (secondary N) is 1. The molecule has 0 aromatic carbocycles. The Labute approximate surface area is 79.8 Å². The predicted molar refractivity (Wildman–Crippen MR) is 48.3 cm³/mol. The van der Waals surface area contributed by atoms with E-state index in [4.69, 9.17) is 10.2 Å². The largest absolute Gasteiger partial charge is 0.480 e. The maximum absolute atomic E-state index is 10.4. The number of hydrogen-bond acceptors (Lipinski definition) is 3. The highest BCUT2D eigenvalue weighted by Gasteiger charge is 2.14. The van der Waals surface area contributed by atoms with Gasteiger partial charge in [0.15, 0.2) is 0 Å². The molecule has 1 heterocycles. The third-order valence-electron chi connectivity index (χ3n) is 1.57. The van der Waals surface area contributed by atoms with E-state index in [2.05, 4.69) is 4.98 Å². The summed E-state index contributed by atoms with van der Waals surface area (Å²) in [5.41, 5.74) is 0. The fourth-order valence-corrected chi connectivity index (χ4v) is 1.07. The Morgan fingerprint density at radius 1 is 1.29 bits per heavy atom. The van der Waals surface area contributed by atoms with Crippen LogP contribution in [-0.2, 0) is 9.59 Å². The van der Waals surface area contributed by atoms with Gasteiger partial charge < -0.3 is 20.1 Å². The highest BCUT2D eigenvalue weighted by atomic mass is 16.4. The van der Waals surface area contributed by atoms with Crippen molar-refractivity contribution in [2.75, 3.05) is 18.0 Å². The molecule has 0 aliphatic carbocycles. The molecule has 0 aliphatic rings. The first kappa shape index (κ1) is 10.1. The zero-order valence-electron chi connectivity index (χ0n) is 7.30. The van der Waals surface area contributed by atoms with Gasteiger partial charge in [-0.05, 0) is 12.1 Å². The van der Waals surface area contributed by atoms with Crippen molar-refractivity contribution < 1.29 is 19.8 Å². The van der Waals surface area contributed by atoms with E-state index in [-0.39, 0.29) is 13.1 Å². The molecule has 76 valence electrons. The van der Waals surface area contributed by atoms with Crippen LogP contribution >= 0.6 is 0 Å². The summed E-state index contributed by atoms with van der Waals surface area (Å²) < 4.78 is 0. The van der Waals surface area contributed by atoms with E-state index in [1.54, 1.807) is 18.3 Å². The second kappa shape index (κ2) is 4.31. The number of rotatable bonds is 5. The smallest absolute Gasteiger partial charge is 0.323 e.